The molecule has 0 aliphatic heterocycles. The number of carbonyl (C=O) groups excluding carboxylic acids is 1. The number of benzene rings is 2. The highest BCUT2D eigenvalue weighted by Crippen LogP contribution is 2.26. The molecule has 0 radical (unpaired) electrons. The van der Waals surface area contributed by atoms with Crippen LogP contribution in [0.4, 0.5) is 4.79 Å². The van der Waals surface area contributed by atoms with E-state index in [4.69, 9.17) is 16.3 Å². The molecule has 2 aromatic rings. The molecule has 0 spiro atoms. The molecular formula is C18H21ClN2O3. The first-order chi connectivity index (χ1) is 11.5. The molecule has 0 fully saturated rings. The fourth-order valence-corrected chi connectivity index (χ4v) is 2.58. The average molecular weight is 349 g/mol. The number of hydrogen-bond acceptors (Lipinski definition) is 3. The maximum Gasteiger partial charge on any atom is 0.315 e. The Morgan fingerprint density at radius 1 is 1.29 bits per heavy atom. The second-order valence-electron chi connectivity index (χ2n) is 5.35. The van der Waals surface area contributed by atoms with Gasteiger partial charge in [-0.05, 0) is 41.8 Å². The summed E-state index contributed by atoms with van der Waals surface area (Å²) in [6, 6.07) is 12.0. The summed E-state index contributed by atoms with van der Waals surface area (Å²) in [5.41, 5.74) is 1.74. The Labute approximate surface area is 146 Å². The van der Waals surface area contributed by atoms with E-state index in [1.807, 2.05) is 25.1 Å². The zero-order valence-electron chi connectivity index (χ0n) is 13.7. The lowest BCUT2D eigenvalue weighted by Gasteiger charge is -2.18. The molecule has 0 aromatic heterocycles. The highest BCUT2D eigenvalue weighted by Gasteiger charge is 2.13. The number of phenols is 1. The standard InChI is InChI=1S/C18H21ClN2O3/c1-3-15(13-5-4-6-14(19)10-13)21-18(23)20-11-12-7-8-17(24-2)16(22)9-12/h4-10,15,22H,3,11H2,1-2H3,(H2,20,21,23). The molecular weight excluding hydrogens is 328 g/mol. The second kappa shape index (κ2) is 8.45. The van der Waals surface area contributed by atoms with E-state index in [1.54, 1.807) is 24.3 Å². The number of nitrogens with one attached hydrogen (secondary N) is 2. The van der Waals surface area contributed by atoms with Crippen LogP contribution < -0.4 is 15.4 Å². The van der Waals surface area contributed by atoms with E-state index in [9.17, 15) is 9.90 Å². The highest BCUT2D eigenvalue weighted by molar-refractivity contribution is 6.30. The Hall–Kier alpha value is -2.40. The molecule has 2 amide bonds. The molecule has 0 heterocycles. The SMILES string of the molecule is CCC(NC(=O)NCc1ccc(OC)c(O)c1)c1cccc(Cl)c1. The second-order valence-corrected chi connectivity index (χ2v) is 5.79. The van der Waals surface area contributed by atoms with E-state index in [-0.39, 0.29) is 17.8 Å². The monoisotopic (exact) mass is 348 g/mol. The van der Waals surface area contributed by atoms with E-state index in [0.717, 1.165) is 17.5 Å². The molecule has 0 saturated carbocycles. The number of halogens is 1. The summed E-state index contributed by atoms with van der Waals surface area (Å²) in [6.45, 7) is 2.29. The van der Waals surface area contributed by atoms with Crippen molar-refractivity contribution in [3.05, 3.63) is 58.6 Å². The highest BCUT2D eigenvalue weighted by atomic mass is 35.5. The van der Waals surface area contributed by atoms with Gasteiger partial charge in [0.05, 0.1) is 13.2 Å². The Morgan fingerprint density at radius 2 is 2.08 bits per heavy atom. The van der Waals surface area contributed by atoms with Crippen molar-refractivity contribution in [3.63, 3.8) is 0 Å². The molecule has 0 bridgehead atoms. The minimum atomic E-state index is -0.280. The number of rotatable bonds is 6. The number of phenolic OH excluding ortho intramolecular Hbond substituents is 1. The fourth-order valence-electron chi connectivity index (χ4n) is 2.38. The average Bonchev–Trinajstić information content (AvgIpc) is 2.58. The summed E-state index contributed by atoms with van der Waals surface area (Å²) in [4.78, 5) is 12.1. The number of amides is 2. The van der Waals surface area contributed by atoms with Crippen molar-refractivity contribution in [1.29, 1.82) is 0 Å². The zero-order chi connectivity index (χ0) is 17.5. The normalized spacial score (nSPS) is 11.6. The minimum absolute atomic E-state index is 0.0440. The lowest BCUT2D eigenvalue weighted by Crippen LogP contribution is -2.37. The van der Waals surface area contributed by atoms with Crippen LogP contribution in [0.15, 0.2) is 42.5 Å². The van der Waals surface area contributed by atoms with Crippen molar-refractivity contribution in [1.82, 2.24) is 10.6 Å². The lowest BCUT2D eigenvalue weighted by molar-refractivity contribution is 0.236. The maximum absolute atomic E-state index is 12.1. The number of carbonyl (C=O) groups is 1. The van der Waals surface area contributed by atoms with Gasteiger partial charge in [-0.15, -0.1) is 0 Å². The van der Waals surface area contributed by atoms with Crippen molar-refractivity contribution in [3.8, 4) is 11.5 Å². The number of hydrogen-bond donors (Lipinski definition) is 3. The van der Waals surface area contributed by atoms with Crippen LogP contribution >= 0.6 is 11.6 Å². The van der Waals surface area contributed by atoms with Gasteiger partial charge < -0.3 is 20.5 Å². The van der Waals surface area contributed by atoms with Crippen molar-refractivity contribution in [2.75, 3.05) is 7.11 Å². The van der Waals surface area contributed by atoms with Gasteiger partial charge in [0.2, 0.25) is 0 Å². The largest absolute Gasteiger partial charge is 0.504 e. The molecule has 0 aliphatic rings. The van der Waals surface area contributed by atoms with Crippen molar-refractivity contribution >= 4 is 17.6 Å². The topological polar surface area (TPSA) is 70.6 Å². The molecule has 1 atom stereocenters. The van der Waals surface area contributed by atoms with Crippen LogP contribution in [0.2, 0.25) is 5.02 Å². The first-order valence-corrected chi connectivity index (χ1v) is 8.07. The first-order valence-electron chi connectivity index (χ1n) is 7.69. The maximum atomic E-state index is 12.1. The van der Waals surface area contributed by atoms with E-state index < -0.39 is 0 Å². The molecule has 3 N–H and O–H groups in total. The number of ether oxygens (including phenoxy) is 1. The van der Waals surface area contributed by atoms with Crippen LogP contribution in [-0.2, 0) is 6.54 Å². The van der Waals surface area contributed by atoms with Crippen molar-refractivity contribution < 1.29 is 14.6 Å². The van der Waals surface area contributed by atoms with Crippen LogP contribution in [0.1, 0.15) is 30.5 Å². The Kier molecular flexibility index (Phi) is 6.32. The third kappa shape index (κ3) is 4.80. The summed E-state index contributed by atoms with van der Waals surface area (Å²) in [5, 5.41) is 16.1. The van der Waals surface area contributed by atoms with Gasteiger partial charge in [0, 0.05) is 11.6 Å². The van der Waals surface area contributed by atoms with Gasteiger partial charge in [-0.3, -0.25) is 0 Å². The van der Waals surface area contributed by atoms with E-state index in [1.165, 1.54) is 7.11 Å². The minimum Gasteiger partial charge on any atom is -0.504 e. The van der Waals surface area contributed by atoms with Gasteiger partial charge in [0.25, 0.3) is 0 Å². The first kappa shape index (κ1) is 17.9. The molecule has 1 unspecified atom stereocenters. The number of aromatic hydroxyl groups is 1. The summed E-state index contributed by atoms with van der Waals surface area (Å²) in [5.74, 6) is 0.442. The Bertz CT molecular complexity index is 706. The van der Waals surface area contributed by atoms with Gasteiger partial charge in [-0.2, -0.15) is 0 Å². The van der Waals surface area contributed by atoms with Crippen molar-refractivity contribution in [2.45, 2.75) is 25.9 Å². The van der Waals surface area contributed by atoms with Gasteiger partial charge in [0.15, 0.2) is 11.5 Å². The molecule has 24 heavy (non-hydrogen) atoms. The predicted octanol–water partition coefficient (Wildman–Crippen LogP) is 4.00. The van der Waals surface area contributed by atoms with Gasteiger partial charge in [-0.25, -0.2) is 4.79 Å². The van der Waals surface area contributed by atoms with E-state index in [0.29, 0.717) is 17.3 Å². The van der Waals surface area contributed by atoms with Crippen LogP contribution in [-0.4, -0.2) is 18.2 Å². The van der Waals surface area contributed by atoms with Gasteiger partial charge in [0.1, 0.15) is 0 Å². The van der Waals surface area contributed by atoms with Crippen LogP contribution in [0.25, 0.3) is 0 Å². The summed E-state index contributed by atoms with van der Waals surface area (Å²) in [6.07, 6.45) is 0.747. The molecule has 0 aliphatic carbocycles. The van der Waals surface area contributed by atoms with Crippen LogP contribution in [0.3, 0.4) is 0 Å². The molecule has 128 valence electrons. The zero-order valence-corrected chi connectivity index (χ0v) is 14.4. The molecule has 2 aromatic carbocycles. The van der Waals surface area contributed by atoms with Gasteiger partial charge in [-0.1, -0.05) is 36.7 Å². The van der Waals surface area contributed by atoms with Gasteiger partial charge >= 0.3 is 6.03 Å². The smallest absolute Gasteiger partial charge is 0.315 e. The Morgan fingerprint density at radius 3 is 2.71 bits per heavy atom. The van der Waals surface area contributed by atoms with Crippen LogP contribution in [0, 0.1) is 0 Å². The van der Waals surface area contributed by atoms with E-state index >= 15 is 0 Å². The third-order valence-corrected chi connectivity index (χ3v) is 3.90. The molecule has 6 heteroatoms. The number of methoxy groups -OCH3 is 1. The Balaban J connectivity index is 1.93. The molecule has 2 rings (SSSR count). The summed E-state index contributed by atoms with van der Waals surface area (Å²) >= 11 is 6.00. The lowest BCUT2D eigenvalue weighted by atomic mass is 10.1. The van der Waals surface area contributed by atoms with Crippen LogP contribution in [0.5, 0.6) is 11.5 Å². The van der Waals surface area contributed by atoms with E-state index in [2.05, 4.69) is 10.6 Å². The van der Waals surface area contributed by atoms with Crippen molar-refractivity contribution in [2.24, 2.45) is 0 Å². The third-order valence-electron chi connectivity index (χ3n) is 3.66. The predicted molar refractivity (Wildman–Crippen MR) is 94.5 cm³/mol. The molecule has 0 saturated heterocycles. The summed E-state index contributed by atoms with van der Waals surface area (Å²) in [7, 11) is 1.49. The molecule has 5 nitrogen and oxygen atoms in total. The summed E-state index contributed by atoms with van der Waals surface area (Å²) < 4.78 is 4.99. The quantitative estimate of drug-likeness (QED) is 0.738. The fraction of sp³-hybridized carbons (Fsp3) is 0.278. The number of urea groups is 1.